The number of alkyl halides is 3. The minimum atomic E-state index is -4.34. The fourth-order valence-corrected chi connectivity index (χ4v) is 3.91. The number of anilines is 1. The van der Waals surface area contributed by atoms with Crippen LogP contribution in [0.2, 0.25) is 0 Å². The molecule has 29 heavy (non-hydrogen) atoms. The van der Waals surface area contributed by atoms with Gasteiger partial charge >= 0.3 is 11.9 Å². The third kappa shape index (κ3) is 4.03. The second-order valence-corrected chi connectivity index (χ2v) is 7.42. The Morgan fingerprint density at radius 3 is 2.45 bits per heavy atom. The minimum absolute atomic E-state index is 0.121. The number of hydrogen-bond acceptors (Lipinski definition) is 3. The van der Waals surface area contributed by atoms with Gasteiger partial charge in [0.2, 0.25) is 0 Å². The van der Waals surface area contributed by atoms with Gasteiger partial charge in [-0.15, -0.1) is 0 Å². The summed E-state index contributed by atoms with van der Waals surface area (Å²) in [6, 6.07) is 12.1. The number of aromatic nitrogens is 2. The number of piperazine rings is 1. The average Bonchev–Trinajstić information content (AvgIpc) is 3.01. The molecule has 1 saturated heterocycles. The van der Waals surface area contributed by atoms with Crippen LogP contribution in [0, 0.1) is 6.92 Å². The zero-order chi connectivity index (χ0) is 20.6. The predicted octanol–water partition coefficient (Wildman–Crippen LogP) is 3.48. The van der Waals surface area contributed by atoms with Crippen LogP contribution >= 0.6 is 0 Å². The van der Waals surface area contributed by atoms with Gasteiger partial charge in [0.1, 0.15) is 0 Å². The van der Waals surface area contributed by atoms with Crippen LogP contribution in [0.5, 0.6) is 0 Å². The maximum Gasteiger partial charge on any atom is 0.416 e. The normalized spacial score (nSPS) is 15.9. The molecule has 3 aromatic rings. The van der Waals surface area contributed by atoms with Crippen LogP contribution in [0.1, 0.15) is 11.1 Å². The van der Waals surface area contributed by atoms with Gasteiger partial charge in [0.15, 0.2) is 0 Å². The molecule has 2 aromatic carbocycles. The van der Waals surface area contributed by atoms with Crippen LogP contribution in [0.3, 0.4) is 0 Å². The molecule has 8 heteroatoms. The minimum Gasteiger partial charge on any atom is -0.369 e. The van der Waals surface area contributed by atoms with E-state index < -0.39 is 11.7 Å². The Balaban J connectivity index is 1.39. The van der Waals surface area contributed by atoms with Gasteiger partial charge in [-0.05, 0) is 36.8 Å². The van der Waals surface area contributed by atoms with Crippen molar-refractivity contribution in [1.82, 2.24) is 14.5 Å². The SMILES string of the molecule is Cc1ccc(N2CCN(CCn3c(=O)[nH]c4ccccc43)CC2)cc1C(F)(F)F. The number of H-pyrrole nitrogens is 1. The molecule has 1 N–H and O–H groups in total. The molecule has 0 radical (unpaired) electrons. The van der Waals surface area contributed by atoms with Gasteiger partial charge in [-0.2, -0.15) is 13.2 Å². The van der Waals surface area contributed by atoms with Crippen LogP contribution in [0.15, 0.2) is 47.3 Å². The Morgan fingerprint density at radius 2 is 1.72 bits per heavy atom. The Kier molecular flexibility index (Phi) is 5.12. The Labute approximate surface area is 166 Å². The maximum atomic E-state index is 13.2. The molecule has 2 heterocycles. The van der Waals surface area contributed by atoms with Gasteiger partial charge in [-0.25, -0.2) is 4.79 Å². The summed E-state index contributed by atoms with van der Waals surface area (Å²) in [6.45, 7) is 5.57. The largest absolute Gasteiger partial charge is 0.416 e. The number of aromatic amines is 1. The first-order chi connectivity index (χ1) is 13.8. The summed E-state index contributed by atoms with van der Waals surface area (Å²) in [5.41, 5.74) is 1.86. The first-order valence-corrected chi connectivity index (χ1v) is 9.65. The van der Waals surface area contributed by atoms with Gasteiger partial charge in [0.25, 0.3) is 0 Å². The molecule has 1 aliphatic rings. The molecule has 1 fully saturated rings. The fraction of sp³-hybridized carbons (Fsp3) is 0.381. The second kappa shape index (κ2) is 7.59. The number of rotatable bonds is 4. The van der Waals surface area contributed by atoms with Crippen LogP contribution in [0.25, 0.3) is 11.0 Å². The molecular formula is C21H23F3N4O. The van der Waals surface area contributed by atoms with Crippen molar-refractivity contribution in [2.24, 2.45) is 0 Å². The van der Waals surface area contributed by atoms with E-state index in [1.54, 1.807) is 10.6 Å². The molecule has 5 nitrogen and oxygen atoms in total. The monoisotopic (exact) mass is 404 g/mol. The summed E-state index contributed by atoms with van der Waals surface area (Å²) in [7, 11) is 0. The molecule has 0 atom stereocenters. The van der Waals surface area contributed by atoms with Crippen molar-refractivity contribution in [2.75, 3.05) is 37.6 Å². The van der Waals surface area contributed by atoms with Crippen molar-refractivity contribution in [3.05, 3.63) is 64.1 Å². The van der Waals surface area contributed by atoms with E-state index >= 15 is 0 Å². The highest BCUT2D eigenvalue weighted by Crippen LogP contribution is 2.34. The van der Waals surface area contributed by atoms with E-state index in [0.29, 0.717) is 25.3 Å². The molecule has 4 rings (SSSR count). The molecule has 0 saturated carbocycles. The Bertz CT molecular complexity index is 1060. The quantitative estimate of drug-likeness (QED) is 0.724. The molecule has 0 bridgehead atoms. The number of aryl methyl sites for hydroxylation is 1. The molecule has 154 valence electrons. The highest BCUT2D eigenvalue weighted by Gasteiger charge is 2.33. The van der Waals surface area contributed by atoms with Crippen LogP contribution in [0.4, 0.5) is 18.9 Å². The zero-order valence-corrected chi connectivity index (χ0v) is 16.2. The van der Waals surface area contributed by atoms with Crippen molar-refractivity contribution in [2.45, 2.75) is 19.6 Å². The van der Waals surface area contributed by atoms with Gasteiger partial charge in [-0.1, -0.05) is 18.2 Å². The van der Waals surface area contributed by atoms with E-state index in [-0.39, 0.29) is 11.3 Å². The van der Waals surface area contributed by atoms with Crippen molar-refractivity contribution >= 4 is 16.7 Å². The summed E-state index contributed by atoms with van der Waals surface area (Å²) in [5, 5.41) is 0. The molecule has 0 unspecified atom stereocenters. The van der Waals surface area contributed by atoms with E-state index in [1.165, 1.54) is 19.1 Å². The van der Waals surface area contributed by atoms with Gasteiger partial charge in [-0.3, -0.25) is 9.47 Å². The lowest BCUT2D eigenvalue weighted by Gasteiger charge is -2.36. The van der Waals surface area contributed by atoms with Crippen LogP contribution in [-0.4, -0.2) is 47.2 Å². The summed E-state index contributed by atoms with van der Waals surface area (Å²) in [5.74, 6) is 0. The second-order valence-electron chi connectivity index (χ2n) is 7.42. The third-order valence-corrected chi connectivity index (χ3v) is 5.59. The topological polar surface area (TPSA) is 44.3 Å². The van der Waals surface area contributed by atoms with Gasteiger partial charge in [0, 0.05) is 45.0 Å². The van der Waals surface area contributed by atoms with Crippen molar-refractivity contribution in [1.29, 1.82) is 0 Å². The lowest BCUT2D eigenvalue weighted by Crippen LogP contribution is -2.47. The predicted molar refractivity (Wildman–Crippen MR) is 107 cm³/mol. The summed E-state index contributed by atoms with van der Waals surface area (Å²) < 4.78 is 41.3. The van der Waals surface area contributed by atoms with Crippen LogP contribution in [-0.2, 0) is 12.7 Å². The first kappa shape index (κ1) is 19.6. The number of para-hydroxylation sites is 2. The fourth-order valence-electron chi connectivity index (χ4n) is 3.91. The number of imidazole rings is 1. The number of benzene rings is 2. The number of halogens is 3. The Morgan fingerprint density at radius 1 is 1.00 bits per heavy atom. The summed E-state index contributed by atoms with van der Waals surface area (Å²) in [6.07, 6.45) is -4.34. The number of hydrogen-bond donors (Lipinski definition) is 1. The van der Waals surface area contributed by atoms with E-state index in [4.69, 9.17) is 0 Å². The lowest BCUT2D eigenvalue weighted by atomic mass is 10.1. The molecule has 1 aliphatic heterocycles. The standard InChI is InChI=1S/C21H23F3N4O/c1-15-6-7-16(14-17(15)21(22,23)24)27-11-8-26(9-12-27)10-13-28-19-5-3-2-4-18(19)25-20(28)29/h2-7,14H,8-13H2,1H3,(H,25,29). The third-order valence-electron chi connectivity index (χ3n) is 5.59. The molecule has 0 spiro atoms. The summed E-state index contributed by atoms with van der Waals surface area (Å²) in [4.78, 5) is 19.3. The molecule has 1 aromatic heterocycles. The number of nitrogens with zero attached hydrogens (tertiary/aromatic N) is 3. The highest BCUT2D eigenvalue weighted by molar-refractivity contribution is 5.74. The highest BCUT2D eigenvalue weighted by atomic mass is 19.4. The van der Waals surface area contributed by atoms with Crippen molar-refractivity contribution < 1.29 is 13.2 Å². The van der Waals surface area contributed by atoms with E-state index in [9.17, 15) is 18.0 Å². The van der Waals surface area contributed by atoms with Crippen molar-refractivity contribution in [3.63, 3.8) is 0 Å². The van der Waals surface area contributed by atoms with Crippen LogP contribution < -0.4 is 10.6 Å². The van der Waals surface area contributed by atoms with E-state index in [2.05, 4.69) is 9.88 Å². The van der Waals surface area contributed by atoms with Crippen molar-refractivity contribution in [3.8, 4) is 0 Å². The van der Waals surface area contributed by atoms with Gasteiger partial charge < -0.3 is 9.88 Å². The Hall–Kier alpha value is -2.74. The zero-order valence-electron chi connectivity index (χ0n) is 16.2. The smallest absolute Gasteiger partial charge is 0.369 e. The first-order valence-electron chi connectivity index (χ1n) is 9.65. The maximum absolute atomic E-state index is 13.2. The molecule has 0 aliphatic carbocycles. The van der Waals surface area contributed by atoms with Gasteiger partial charge in [0.05, 0.1) is 16.6 Å². The molecular weight excluding hydrogens is 381 g/mol. The summed E-state index contributed by atoms with van der Waals surface area (Å²) >= 11 is 0. The molecule has 0 amide bonds. The van der Waals surface area contributed by atoms with E-state index in [0.717, 1.165) is 30.7 Å². The lowest BCUT2D eigenvalue weighted by molar-refractivity contribution is -0.138. The number of nitrogens with one attached hydrogen (secondary N) is 1. The van der Waals surface area contributed by atoms with E-state index in [1.807, 2.05) is 29.2 Å². The number of fused-ring (bicyclic) bond motifs is 1. The average molecular weight is 404 g/mol.